The summed E-state index contributed by atoms with van der Waals surface area (Å²) in [6, 6.07) is 10.3. The first-order valence-electron chi connectivity index (χ1n) is 5.74. The van der Waals surface area contributed by atoms with Gasteiger partial charge in [-0.25, -0.2) is 4.98 Å². The smallest absolute Gasteiger partial charge is 0.125 e. The predicted octanol–water partition coefficient (Wildman–Crippen LogP) is 3.61. The van der Waals surface area contributed by atoms with Crippen molar-refractivity contribution in [2.24, 2.45) is 0 Å². The molecule has 4 heteroatoms. The minimum Gasteiger partial charge on any atom is -0.389 e. The Hall–Kier alpha value is -1.00. The Morgan fingerprint density at radius 3 is 2.76 bits per heavy atom. The second-order valence-electron chi connectivity index (χ2n) is 4.20. The number of hydrogen-bond acceptors (Lipinski definition) is 4. The second-order valence-corrected chi connectivity index (χ2v) is 6.38. The van der Waals surface area contributed by atoms with Crippen LogP contribution in [0.1, 0.15) is 18.0 Å². The fraction of sp³-hybridized carbons (Fsp3) is 0.308. The molecule has 1 unspecified atom stereocenters. The molecule has 1 aliphatic rings. The van der Waals surface area contributed by atoms with Gasteiger partial charge < -0.3 is 5.73 Å². The molecule has 1 atom stereocenters. The van der Waals surface area contributed by atoms with Gasteiger partial charge in [0, 0.05) is 17.2 Å². The van der Waals surface area contributed by atoms with E-state index in [4.69, 9.17) is 10.7 Å². The van der Waals surface area contributed by atoms with Crippen LogP contribution in [0.25, 0.3) is 10.6 Å². The maximum Gasteiger partial charge on any atom is 0.125 e. The number of nitrogen functional groups attached to an aromatic ring is 1. The van der Waals surface area contributed by atoms with Gasteiger partial charge in [0.25, 0.3) is 0 Å². The Morgan fingerprint density at radius 1 is 1.24 bits per heavy atom. The van der Waals surface area contributed by atoms with Gasteiger partial charge >= 0.3 is 0 Å². The summed E-state index contributed by atoms with van der Waals surface area (Å²) in [4.78, 5) is 4.74. The number of rotatable bonds is 2. The van der Waals surface area contributed by atoms with E-state index in [0.717, 1.165) is 15.7 Å². The third-order valence-electron chi connectivity index (χ3n) is 3.02. The average molecular weight is 262 g/mol. The van der Waals surface area contributed by atoms with Crippen molar-refractivity contribution >= 4 is 28.1 Å². The molecule has 1 aromatic carbocycles. The SMILES string of the molecule is Nc1sc(-c2ccccc2)nc1C1CCSC1. The van der Waals surface area contributed by atoms with Crippen LogP contribution in [0.4, 0.5) is 5.00 Å². The normalized spacial score (nSPS) is 19.6. The fourth-order valence-electron chi connectivity index (χ4n) is 2.09. The zero-order valence-corrected chi connectivity index (χ0v) is 11.1. The highest BCUT2D eigenvalue weighted by atomic mass is 32.2. The molecular formula is C13H14N2S2. The topological polar surface area (TPSA) is 38.9 Å². The van der Waals surface area contributed by atoms with Crippen molar-refractivity contribution in [3.8, 4) is 10.6 Å². The lowest BCUT2D eigenvalue weighted by Crippen LogP contribution is -2.00. The molecule has 1 aliphatic heterocycles. The highest BCUT2D eigenvalue weighted by Crippen LogP contribution is 2.39. The van der Waals surface area contributed by atoms with Crippen LogP contribution in [0.3, 0.4) is 0 Å². The zero-order valence-electron chi connectivity index (χ0n) is 9.43. The van der Waals surface area contributed by atoms with Crippen LogP contribution in [0.2, 0.25) is 0 Å². The van der Waals surface area contributed by atoms with E-state index in [0.29, 0.717) is 5.92 Å². The first-order valence-corrected chi connectivity index (χ1v) is 7.71. The van der Waals surface area contributed by atoms with Gasteiger partial charge in [0.2, 0.25) is 0 Å². The van der Waals surface area contributed by atoms with Gasteiger partial charge in [-0.1, -0.05) is 41.7 Å². The van der Waals surface area contributed by atoms with Crippen molar-refractivity contribution in [2.45, 2.75) is 12.3 Å². The molecule has 0 aliphatic carbocycles. The van der Waals surface area contributed by atoms with E-state index in [-0.39, 0.29) is 0 Å². The van der Waals surface area contributed by atoms with Crippen LogP contribution in [-0.2, 0) is 0 Å². The minimum atomic E-state index is 0.564. The van der Waals surface area contributed by atoms with E-state index in [1.165, 1.54) is 23.5 Å². The first kappa shape index (κ1) is 11.1. The summed E-state index contributed by atoms with van der Waals surface area (Å²) in [7, 11) is 0. The molecule has 0 amide bonds. The number of thiazole rings is 1. The highest BCUT2D eigenvalue weighted by molar-refractivity contribution is 7.99. The van der Waals surface area contributed by atoms with Crippen LogP contribution in [-0.4, -0.2) is 16.5 Å². The summed E-state index contributed by atoms with van der Waals surface area (Å²) in [5.74, 6) is 2.97. The maximum atomic E-state index is 6.11. The van der Waals surface area contributed by atoms with Crippen molar-refractivity contribution in [3.63, 3.8) is 0 Å². The van der Waals surface area contributed by atoms with Crippen molar-refractivity contribution in [2.75, 3.05) is 17.2 Å². The molecule has 17 heavy (non-hydrogen) atoms. The zero-order chi connectivity index (χ0) is 11.7. The second kappa shape index (κ2) is 4.70. The molecular weight excluding hydrogens is 248 g/mol. The van der Waals surface area contributed by atoms with Crippen LogP contribution >= 0.6 is 23.1 Å². The van der Waals surface area contributed by atoms with Crippen molar-refractivity contribution in [1.29, 1.82) is 0 Å². The lowest BCUT2D eigenvalue weighted by Gasteiger charge is -2.04. The predicted molar refractivity (Wildman–Crippen MR) is 76.6 cm³/mol. The summed E-state index contributed by atoms with van der Waals surface area (Å²) >= 11 is 3.61. The molecule has 0 spiro atoms. The molecule has 2 heterocycles. The summed E-state index contributed by atoms with van der Waals surface area (Å²) in [6.07, 6.45) is 1.22. The molecule has 0 bridgehead atoms. The number of nitrogens with two attached hydrogens (primary N) is 1. The third-order valence-corrected chi connectivity index (χ3v) is 5.13. The minimum absolute atomic E-state index is 0.564. The van der Waals surface area contributed by atoms with E-state index in [1.807, 2.05) is 30.0 Å². The summed E-state index contributed by atoms with van der Waals surface area (Å²) in [5.41, 5.74) is 8.40. The molecule has 2 aromatic rings. The Labute approximate surface area is 109 Å². The van der Waals surface area contributed by atoms with Crippen LogP contribution in [0, 0.1) is 0 Å². The molecule has 0 saturated carbocycles. The Bertz CT molecular complexity index is 501. The van der Waals surface area contributed by atoms with E-state index >= 15 is 0 Å². The maximum absolute atomic E-state index is 6.11. The number of benzene rings is 1. The van der Waals surface area contributed by atoms with E-state index in [9.17, 15) is 0 Å². The number of nitrogens with zero attached hydrogens (tertiary/aromatic N) is 1. The fourth-order valence-corrected chi connectivity index (χ4v) is 4.24. The largest absolute Gasteiger partial charge is 0.389 e. The van der Waals surface area contributed by atoms with Crippen LogP contribution in [0.5, 0.6) is 0 Å². The summed E-state index contributed by atoms with van der Waals surface area (Å²) in [6.45, 7) is 0. The number of thioether (sulfide) groups is 1. The Morgan fingerprint density at radius 2 is 2.06 bits per heavy atom. The van der Waals surface area contributed by atoms with Crippen LogP contribution in [0.15, 0.2) is 30.3 Å². The highest BCUT2D eigenvalue weighted by Gasteiger charge is 2.23. The Balaban J connectivity index is 1.95. The van der Waals surface area contributed by atoms with Gasteiger partial charge in [0.1, 0.15) is 10.0 Å². The van der Waals surface area contributed by atoms with Gasteiger partial charge in [-0.15, -0.1) is 0 Å². The van der Waals surface area contributed by atoms with Gasteiger partial charge in [-0.05, 0) is 12.2 Å². The summed E-state index contributed by atoms with van der Waals surface area (Å²) in [5, 5.41) is 1.95. The number of aromatic nitrogens is 1. The first-order chi connectivity index (χ1) is 8.34. The van der Waals surface area contributed by atoms with Crippen molar-refractivity contribution < 1.29 is 0 Å². The number of hydrogen-bond donors (Lipinski definition) is 1. The quantitative estimate of drug-likeness (QED) is 0.898. The van der Waals surface area contributed by atoms with Gasteiger partial charge in [-0.2, -0.15) is 11.8 Å². The molecule has 2 N–H and O–H groups in total. The molecule has 88 valence electrons. The molecule has 3 rings (SSSR count). The third kappa shape index (κ3) is 2.19. The lowest BCUT2D eigenvalue weighted by molar-refractivity contribution is 0.762. The molecule has 1 fully saturated rings. The average Bonchev–Trinajstić information content (AvgIpc) is 2.99. The van der Waals surface area contributed by atoms with Crippen LogP contribution < -0.4 is 5.73 Å². The lowest BCUT2D eigenvalue weighted by atomic mass is 10.1. The van der Waals surface area contributed by atoms with Gasteiger partial charge in [0.15, 0.2) is 0 Å². The van der Waals surface area contributed by atoms with Crippen molar-refractivity contribution in [3.05, 3.63) is 36.0 Å². The standard InChI is InChI=1S/C13H14N2S2/c14-12-11(10-6-7-16-8-10)15-13(17-12)9-4-2-1-3-5-9/h1-5,10H,6-8,14H2. The summed E-state index contributed by atoms with van der Waals surface area (Å²) < 4.78 is 0. The monoisotopic (exact) mass is 262 g/mol. The molecule has 1 saturated heterocycles. The van der Waals surface area contributed by atoms with E-state index in [1.54, 1.807) is 11.3 Å². The van der Waals surface area contributed by atoms with E-state index in [2.05, 4.69) is 12.1 Å². The molecule has 2 nitrogen and oxygen atoms in total. The van der Waals surface area contributed by atoms with Gasteiger partial charge in [-0.3, -0.25) is 0 Å². The van der Waals surface area contributed by atoms with E-state index < -0.39 is 0 Å². The Kier molecular flexibility index (Phi) is 3.07. The molecule has 1 aromatic heterocycles. The number of anilines is 1. The molecule has 0 radical (unpaired) electrons. The van der Waals surface area contributed by atoms with Crippen molar-refractivity contribution in [1.82, 2.24) is 4.98 Å². The van der Waals surface area contributed by atoms with Gasteiger partial charge in [0.05, 0.1) is 5.69 Å².